The van der Waals surface area contributed by atoms with E-state index in [1.165, 1.54) is 6.42 Å². The fourth-order valence-corrected chi connectivity index (χ4v) is 3.49. The van der Waals surface area contributed by atoms with E-state index in [0.29, 0.717) is 17.0 Å². The van der Waals surface area contributed by atoms with Crippen molar-refractivity contribution in [2.45, 2.75) is 52.0 Å². The van der Waals surface area contributed by atoms with Crippen molar-refractivity contribution in [1.82, 2.24) is 5.32 Å². The monoisotopic (exact) mass is 380 g/mol. The third-order valence-electron chi connectivity index (χ3n) is 5.09. The number of hydrogen-bond acceptors (Lipinski definition) is 3. The molecule has 0 unspecified atom stereocenters. The fourth-order valence-electron chi connectivity index (χ4n) is 3.49. The highest BCUT2D eigenvalue weighted by Crippen LogP contribution is 2.21. The van der Waals surface area contributed by atoms with E-state index in [-0.39, 0.29) is 24.5 Å². The molecular weight excluding hydrogens is 352 g/mol. The average molecular weight is 380 g/mol. The second-order valence-electron chi connectivity index (χ2n) is 7.46. The van der Waals surface area contributed by atoms with E-state index in [0.717, 1.165) is 36.8 Å². The first-order valence-electron chi connectivity index (χ1n) is 9.93. The molecule has 2 aromatic rings. The van der Waals surface area contributed by atoms with Crippen LogP contribution in [0.4, 0.5) is 5.69 Å². The number of ether oxygens (including phenoxy) is 1. The molecule has 0 aliphatic heterocycles. The summed E-state index contributed by atoms with van der Waals surface area (Å²) in [6.45, 7) is 3.81. The standard InChI is InChI=1S/C23H28N2O3/c1-16-12-13-17(2)21(14-16)28-15-22(26)25-20-11-7-6-10-19(20)23(27)24-18-8-4-3-5-9-18/h6-7,10-14,18H,3-5,8-9,15H2,1-2H3,(H,24,27)(H,25,26). The number of carbonyl (C=O) groups is 2. The lowest BCUT2D eigenvalue weighted by Gasteiger charge is -2.23. The Kier molecular flexibility index (Phi) is 6.69. The summed E-state index contributed by atoms with van der Waals surface area (Å²) in [7, 11) is 0. The van der Waals surface area contributed by atoms with Crippen LogP contribution in [0.3, 0.4) is 0 Å². The predicted octanol–water partition coefficient (Wildman–Crippen LogP) is 4.38. The van der Waals surface area contributed by atoms with Gasteiger partial charge in [0.15, 0.2) is 6.61 Å². The van der Waals surface area contributed by atoms with Crippen LogP contribution >= 0.6 is 0 Å². The van der Waals surface area contributed by atoms with Crippen LogP contribution in [0.15, 0.2) is 42.5 Å². The van der Waals surface area contributed by atoms with Gasteiger partial charge in [-0.2, -0.15) is 0 Å². The number of amides is 2. The lowest BCUT2D eigenvalue weighted by molar-refractivity contribution is -0.118. The zero-order valence-electron chi connectivity index (χ0n) is 16.6. The molecule has 0 radical (unpaired) electrons. The molecule has 0 atom stereocenters. The van der Waals surface area contributed by atoms with Crippen molar-refractivity contribution in [1.29, 1.82) is 0 Å². The minimum absolute atomic E-state index is 0.108. The normalized spacial score (nSPS) is 14.4. The van der Waals surface area contributed by atoms with E-state index in [4.69, 9.17) is 4.74 Å². The van der Waals surface area contributed by atoms with Crippen LogP contribution in [0, 0.1) is 13.8 Å². The van der Waals surface area contributed by atoms with E-state index in [2.05, 4.69) is 10.6 Å². The van der Waals surface area contributed by atoms with Crippen LogP contribution in [-0.2, 0) is 4.79 Å². The van der Waals surface area contributed by atoms with E-state index in [9.17, 15) is 9.59 Å². The van der Waals surface area contributed by atoms with Crippen molar-refractivity contribution in [2.75, 3.05) is 11.9 Å². The molecule has 1 fully saturated rings. The Balaban J connectivity index is 1.61. The van der Waals surface area contributed by atoms with Gasteiger partial charge in [0.1, 0.15) is 5.75 Å². The third-order valence-corrected chi connectivity index (χ3v) is 5.09. The molecule has 1 aliphatic carbocycles. The van der Waals surface area contributed by atoms with Gasteiger partial charge in [-0.25, -0.2) is 0 Å². The summed E-state index contributed by atoms with van der Waals surface area (Å²) in [6.07, 6.45) is 5.57. The van der Waals surface area contributed by atoms with Gasteiger partial charge in [-0.05, 0) is 56.0 Å². The van der Waals surface area contributed by atoms with Gasteiger partial charge in [-0.3, -0.25) is 9.59 Å². The second-order valence-corrected chi connectivity index (χ2v) is 7.46. The summed E-state index contributed by atoms with van der Waals surface area (Å²) in [5, 5.41) is 5.91. The molecule has 1 aliphatic rings. The molecule has 28 heavy (non-hydrogen) atoms. The minimum Gasteiger partial charge on any atom is -0.483 e. The summed E-state index contributed by atoms with van der Waals surface area (Å²) < 4.78 is 5.66. The van der Waals surface area contributed by atoms with Gasteiger partial charge in [0.2, 0.25) is 0 Å². The molecule has 0 spiro atoms. The number of anilines is 1. The third kappa shape index (κ3) is 5.35. The van der Waals surface area contributed by atoms with E-state index in [1.54, 1.807) is 24.3 Å². The maximum absolute atomic E-state index is 12.7. The van der Waals surface area contributed by atoms with Crippen LogP contribution in [-0.4, -0.2) is 24.5 Å². The molecule has 1 saturated carbocycles. The molecule has 3 rings (SSSR count). The summed E-state index contributed by atoms with van der Waals surface area (Å²) >= 11 is 0. The fraction of sp³-hybridized carbons (Fsp3) is 0.391. The zero-order chi connectivity index (χ0) is 19.9. The number of nitrogens with one attached hydrogen (secondary N) is 2. The molecule has 2 N–H and O–H groups in total. The van der Waals surface area contributed by atoms with Crippen LogP contribution < -0.4 is 15.4 Å². The molecule has 148 valence electrons. The molecule has 2 amide bonds. The van der Waals surface area contributed by atoms with E-state index >= 15 is 0 Å². The average Bonchev–Trinajstić information content (AvgIpc) is 2.70. The molecule has 5 nitrogen and oxygen atoms in total. The second kappa shape index (κ2) is 9.40. The Bertz CT molecular complexity index is 841. The maximum Gasteiger partial charge on any atom is 0.262 e. The molecule has 0 aromatic heterocycles. The Morgan fingerprint density at radius 2 is 1.79 bits per heavy atom. The molecule has 0 saturated heterocycles. The van der Waals surface area contributed by atoms with Crippen molar-refractivity contribution in [3.05, 3.63) is 59.2 Å². The first-order chi connectivity index (χ1) is 13.5. The highest BCUT2D eigenvalue weighted by atomic mass is 16.5. The van der Waals surface area contributed by atoms with Crippen LogP contribution in [0.2, 0.25) is 0 Å². The van der Waals surface area contributed by atoms with Crippen molar-refractivity contribution >= 4 is 17.5 Å². The number of aryl methyl sites for hydroxylation is 2. The Morgan fingerprint density at radius 1 is 1.04 bits per heavy atom. The molecule has 0 bridgehead atoms. The molecule has 2 aromatic carbocycles. The van der Waals surface area contributed by atoms with Crippen LogP contribution in [0.5, 0.6) is 5.75 Å². The zero-order valence-corrected chi connectivity index (χ0v) is 16.6. The molecular formula is C23H28N2O3. The molecule has 5 heteroatoms. The van der Waals surface area contributed by atoms with Gasteiger partial charge >= 0.3 is 0 Å². The highest BCUT2D eigenvalue weighted by Gasteiger charge is 2.19. The van der Waals surface area contributed by atoms with Gasteiger partial charge in [0, 0.05) is 6.04 Å². The van der Waals surface area contributed by atoms with Crippen LogP contribution in [0.25, 0.3) is 0 Å². The van der Waals surface area contributed by atoms with E-state index in [1.807, 2.05) is 32.0 Å². The number of hydrogen-bond donors (Lipinski definition) is 2. The topological polar surface area (TPSA) is 67.4 Å². The van der Waals surface area contributed by atoms with Crippen LogP contribution in [0.1, 0.15) is 53.6 Å². The van der Waals surface area contributed by atoms with Crippen molar-refractivity contribution < 1.29 is 14.3 Å². The number of para-hydroxylation sites is 1. The van der Waals surface area contributed by atoms with Crippen molar-refractivity contribution in [2.24, 2.45) is 0 Å². The first-order valence-corrected chi connectivity index (χ1v) is 9.93. The van der Waals surface area contributed by atoms with Gasteiger partial charge in [-0.1, -0.05) is 43.5 Å². The van der Waals surface area contributed by atoms with E-state index < -0.39 is 0 Å². The SMILES string of the molecule is Cc1ccc(C)c(OCC(=O)Nc2ccccc2C(=O)NC2CCCCC2)c1. The first kappa shape index (κ1) is 19.9. The van der Waals surface area contributed by atoms with Gasteiger partial charge < -0.3 is 15.4 Å². The number of carbonyl (C=O) groups excluding carboxylic acids is 2. The minimum atomic E-state index is -0.293. The van der Waals surface area contributed by atoms with Crippen molar-refractivity contribution in [3.63, 3.8) is 0 Å². The van der Waals surface area contributed by atoms with Gasteiger partial charge in [-0.15, -0.1) is 0 Å². The van der Waals surface area contributed by atoms with Gasteiger partial charge in [0.05, 0.1) is 11.3 Å². The quantitative estimate of drug-likeness (QED) is 0.781. The van der Waals surface area contributed by atoms with Gasteiger partial charge in [0.25, 0.3) is 11.8 Å². The predicted molar refractivity (Wildman–Crippen MR) is 111 cm³/mol. The largest absolute Gasteiger partial charge is 0.483 e. The summed E-state index contributed by atoms with van der Waals surface area (Å²) in [4.78, 5) is 25.1. The Labute approximate surface area is 166 Å². The number of benzene rings is 2. The van der Waals surface area contributed by atoms with Crippen molar-refractivity contribution in [3.8, 4) is 5.75 Å². The smallest absolute Gasteiger partial charge is 0.262 e. The lowest BCUT2D eigenvalue weighted by atomic mass is 9.95. The maximum atomic E-state index is 12.7. The summed E-state index contributed by atoms with van der Waals surface area (Å²) in [6, 6.07) is 13.2. The summed E-state index contributed by atoms with van der Waals surface area (Å²) in [5.74, 6) is 0.260. The Morgan fingerprint density at radius 3 is 2.57 bits per heavy atom. The lowest BCUT2D eigenvalue weighted by Crippen LogP contribution is -2.36. The Hall–Kier alpha value is -2.82. The number of rotatable bonds is 6. The summed E-state index contributed by atoms with van der Waals surface area (Å²) in [5.41, 5.74) is 3.04. The highest BCUT2D eigenvalue weighted by molar-refractivity contribution is 6.04. The molecule has 0 heterocycles.